The van der Waals surface area contributed by atoms with Crippen LogP contribution in [0.15, 0.2) is 12.2 Å². The van der Waals surface area contributed by atoms with Gasteiger partial charge in [-0.15, -0.1) is 0 Å². The Hall–Kier alpha value is -1.40. The van der Waals surface area contributed by atoms with Gasteiger partial charge in [0.2, 0.25) is 12.6 Å². The Labute approximate surface area is 147 Å². The fourth-order valence-corrected chi connectivity index (χ4v) is 4.49. The van der Waals surface area contributed by atoms with Crippen molar-refractivity contribution in [2.24, 2.45) is 23.7 Å². The van der Waals surface area contributed by atoms with Gasteiger partial charge in [0, 0.05) is 12.8 Å². The first-order chi connectivity index (χ1) is 12.2. The molecule has 138 valence electrons. The van der Waals surface area contributed by atoms with E-state index in [4.69, 9.17) is 18.9 Å². The quantitative estimate of drug-likeness (QED) is 0.573. The Balaban J connectivity index is 1.41. The fraction of sp³-hybridized carbons (Fsp3) is 0.789. The molecule has 2 bridgehead atoms. The molecule has 0 amide bonds. The maximum absolute atomic E-state index is 12.7. The van der Waals surface area contributed by atoms with Crippen LogP contribution in [0.5, 0.6) is 0 Å². The minimum absolute atomic E-state index is 0.0610. The largest absolute Gasteiger partial charge is 0.436 e. The average molecular weight is 350 g/mol. The van der Waals surface area contributed by atoms with Gasteiger partial charge in [0.1, 0.15) is 0 Å². The molecule has 3 fully saturated rings. The van der Waals surface area contributed by atoms with Gasteiger partial charge in [-0.1, -0.05) is 12.2 Å². The minimum atomic E-state index is -0.470. The molecule has 6 nitrogen and oxygen atoms in total. The van der Waals surface area contributed by atoms with Crippen LogP contribution in [-0.2, 0) is 28.5 Å². The summed E-state index contributed by atoms with van der Waals surface area (Å²) >= 11 is 0. The van der Waals surface area contributed by atoms with Gasteiger partial charge in [0.15, 0.2) is 0 Å². The molecule has 1 saturated carbocycles. The van der Waals surface area contributed by atoms with Gasteiger partial charge >= 0.3 is 11.9 Å². The Morgan fingerprint density at radius 1 is 0.760 bits per heavy atom. The maximum Gasteiger partial charge on any atom is 0.312 e. The predicted molar refractivity (Wildman–Crippen MR) is 87.1 cm³/mol. The van der Waals surface area contributed by atoms with Crippen molar-refractivity contribution in [2.45, 2.75) is 57.5 Å². The van der Waals surface area contributed by atoms with Crippen molar-refractivity contribution >= 4 is 11.9 Å². The standard InChI is InChI=1S/C19H26O6/c20-18(24-14-5-1-3-9-22-14)16-12-7-8-13(11-12)17(16)19(21)25-15-6-2-4-10-23-15/h7-8,12-17H,1-6,9-11H2/t12-,13+,14?,15?,16-,17-/m1/s1. The third-order valence-electron chi connectivity index (χ3n) is 5.77. The van der Waals surface area contributed by atoms with E-state index in [2.05, 4.69) is 0 Å². The van der Waals surface area contributed by atoms with Crippen LogP contribution in [0.25, 0.3) is 0 Å². The lowest BCUT2D eigenvalue weighted by Crippen LogP contribution is -2.39. The summed E-state index contributed by atoms with van der Waals surface area (Å²) in [5, 5.41) is 0. The molecular weight excluding hydrogens is 324 g/mol. The van der Waals surface area contributed by atoms with E-state index < -0.39 is 24.4 Å². The second-order valence-electron chi connectivity index (χ2n) is 7.47. The van der Waals surface area contributed by atoms with E-state index in [9.17, 15) is 9.59 Å². The summed E-state index contributed by atoms with van der Waals surface area (Å²) in [5.41, 5.74) is 0. The highest BCUT2D eigenvalue weighted by atomic mass is 16.7. The molecule has 2 saturated heterocycles. The molecule has 6 heteroatoms. The summed E-state index contributed by atoms with van der Waals surface area (Å²) < 4.78 is 22.1. The van der Waals surface area contributed by atoms with Crippen LogP contribution in [0.2, 0.25) is 0 Å². The van der Waals surface area contributed by atoms with E-state index in [0.29, 0.717) is 13.2 Å². The number of rotatable bonds is 4. The first kappa shape index (κ1) is 17.0. The third kappa shape index (κ3) is 3.60. The Morgan fingerprint density at radius 3 is 1.64 bits per heavy atom. The van der Waals surface area contributed by atoms with Crippen LogP contribution < -0.4 is 0 Å². The molecule has 0 spiro atoms. The Bertz CT molecular complexity index is 486. The van der Waals surface area contributed by atoms with E-state index in [1.165, 1.54) is 0 Å². The van der Waals surface area contributed by atoms with E-state index in [0.717, 1.165) is 44.9 Å². The molecule has 25 heavy (non-hydrogen) atoms. The van der Waals surface area contributed by atoms with E-state index in [-0.39, 0.29) is 23.8 Å². The van der Waals surface area contributed by atoms with Crippen LogP contribution in [0.4, 0.5) is 0 Å². The Morgan fingerprint density at radius 2 is 1.24 bits per heavy atom. The third-order valence-corrected chi connectivity index (χ3v) is 5.77. The van der Waals surface area contributed by atoms with Crippen molar-refractivity contribution < 1.29 is 28.5 Å². The van der Waals surface area contributed by atoms with Gasteiger partial charge in [0.05, 0.1) is 25.0 Å². The summed E-state index contributed by atoms with van der Waals surface area (Å²) in [5.74, 6) is -1.45. The summed E-state index contributed by atoms with van der Waals surface area (Å²) in [7, 11) is 0. The van der Waals surface area contributed by atoms with Crippen molar-refractivity contribution in [3.63, 3.8) is 0 Å². The van der Waals surface area contributed by atoms with Crippen molar-refractivity contribution in [2.75, 3.05) is 13.2 Å². The molecule has 2 heterocycles. The van der Waals surface area contributed by atoms with E-state index in [1.807, 2.05) is 12.2 Å². The predicted octanol–water partition coefficient (Wildman–Crippen LogP) is 2.56. The second kappa shape index (κ2) is 7.46. The van der Waals surface area contributed by atoms with Gasteiger partial charge in [-0.3, -0.25) is 9.59 Å². The minimum Gasteiger partial charge on any atom is -0.436 e. The average Bonchev–Trinajstić information content (AvgIpc) is 3.24. The highest BCUT2D eigenvalue weighted by Gasteiger charge is 2.53. The summed E-state index contributed by atoms with van der Waals surface area (Å²) in [6.45, 7) is 1.25. The van der Waals surface area contributed by atoms with Crippen molar-refractivity contribution in [1.29, 1.82) is 0 Å². The number of esters is 2. The SMILES string of the molecule is O=C(OC1CCCCO1)[C@H]1[C@H](C(=O)OC2CCCCO2)[C@H]2C=C[C@@H]1C2. The lowest BCUT2D eigenvalue weighted by Gasteiger charge is -2.30. The van der Waals surface area contributed by atoms with Gasteiger partial charge in [-0.25, -0.2) is 0 Å². The zero-order valence-electron chi connectivity index (χ0n) is 14.4. The second-order valence-corrected chi connectivity index (χ2v) is 7.47. The Kier molecular flexibility index (Phi) is 5.08. The molecule has 2 unspecified atom stereocenters. The number of carbonyl (C=O) groups excluding carboxylic acids is 2. The summed E-state index contributed by atoms with van der Waals surface area (Å²) in [6, 6.07) is 0. The van der Waals surface area contributed by atoms with Crippen LogP contribution in [0, 0.1) is 23.7 Å². The van der Waals surface area contributed by atoms with E-state index >= 15 is 0 Å². The van der Waals surface area contributed by atoms with Crippen LogP contribution in [0.1, 0.15) is 44.9 Å². The van der Waals surface area contributed by atoms with Crippen LogP contribution in [0.3, 0.4) is 0 Å². The molecule has 4 rings (SSSR count). The van der Waals surface area contributed by atoms with Gasteiger partial charge in [0.25, 0.3) is 0 Å². The molecule has 0 N–H and O–H groups in total. The number of carbonyl (C=O) groups is 2. The topological polar surface area (TPSA) is 71.1 Å². The molecule has 6 atom stereocenters. The number of allylic oxidation sites excluding steroid dienone is 2. The molecule has 2 aliphatic carbocycles. The number of ether oxygens (including phenoxy) is 4. The smallest absolute Gasteiger partial charge is 0.312 e. The van der Waals surface area contributed by atoms with Crippen molar-refractivity contribution in [3.05, 3.63) is 12.2 Å². The molecular formula is C19H26O6. The number of hydrogen-bond donors (Lipinski definition) is 0. The normalized spacial score (nSPS) is 40.0. The molecule has 0 radical (unpaired) electrons. The molecule has 4 aliphatic rings. The zero-order valence-corrected chi connectivity index (χ0v) is 14.4. The fourth-order valence-electron chi connectivity index (χ4n) is 4.49. The zero-order chi connectivity index (χ0) is 17.2. The lowest BCUT2D eigenvalue weighted by atomic mass is 9.83. The number of hydrogen-bond acceptors (Lipinski definition) is 6. The first-order valence-electron chi connectivity index (χ1n) is 9.55. The highest BCUT2D eigenvalue weighted by molar-refractivity contribution is 5.84. The molecule has 0 aromatic carbocycles. The molecule has 0 aromatic heterocycles. The summed E-state index contributed by atoms with van der Waals surface area (Å²) in [6.07, 6.45) is 9.42. The lowest BCUT2D eigenvalue weighted by molar-refractivity contribution is -0.203. The first-order valence-corrected chi connectivity index (χ1v) is 9.55. The van der Waals surface area contributed by atoms with E-state index in [1.54, 1.807) is 0 Å². The van der Waals surface area contributed by atoms with Crippen molar-refractivity contribution in [1.82, 2.24) is 0 Å². The van der Waals surface area contributed by atoms with Gasteiger partial charge in [-0.05, 0) is 43.9 Å². The highest BCUT2D eigenvalue weighted by Crippen LogP contribution is 2.49. The van der Waals surface area contributed by atoms with Crippen molar-refractivity contribution in [3.8, 4) is 0 Å². The van der Waals surface area contributed by atoms with Crippen LogP contribution in [-0.4, -0.2) is 37.7 Å². The monoisotopic (exact) mass is 350 g/mol. The van der Waals surface area contributed by atoms with Gasteiger partial charge in [-0.2, -0.15) is 0 Å². The maximum atomic E-state index is 12.7. The van der Waals surface area contributed by atoms with Gasteiger partial charge < -0.3 is 18.9 Å². The van der Waals surface area contributed by atoms with Crippen LogP contribution >= 0.6 is 0 Å². The summed E-state index contributed by atoms with van der Waals surface area (Å²) in [4.78, 5) is 25.5. The molecule has 2 aliphatic heterocycles. The number of fused-ring (bicyclic) bond motifs is 2. The molecule has 0 aromatic rings.